The van der Waals surface area contributed by atoms with E-state index in [1.165, 1.54) is 64.2 Å². The number of nitrogens with two attached hydrogens (primary N) is 2. The fraction of sp³-hybridized carbons (Fsp3) is 0.976. The molecule has 8 N–H and O–H groups in total. The van der Waals surface area contributed by atoms with Crippen LogP contribution in [0.3, 0.4) is 0 Å². The summed E-state index contributed by atoms with van der Waals surface area (Å²) in [6.45, 7) is 11.8. The van der Waals surface area contributed by atoms with Gasteiger partial charge in [0.1, 0.15) is 0 Å². The molecule has 5 saturated heterocycles. The molecular weight excluding hydrogens is 651 g/mol. The third-order valence-corrected chi connectivity index (χ3v) is 15.8. The molecule has 5 heterocycles. The Morgan fingerprint density at radius 1 is 0.904 bits per heavy atom. The Balaban J connectivity index is 1.39. The molecule has 10 heteroatoms. The van der Waals surface area contributed by atoms with Crippen LogP contribution in [0.4, 0.5) is 0 Å². The van der Waals surface area contributed by atoms with E-state index in [2.05, 4.69) is 60.9 Å². The van der Waals surface area contributed by atoms with E-state index in [0.717, 1.165) is 45.1 Å². The van der Waals surface area contributed by atoms with Crippen LogP contribution in [-0.2, 0) is 14.3 Å². The predicted octanol–water partition coefficient (Wildman–Crippen LogP) is 3.84. The Bertz CT molecular complexity index is 1180. The number of ketones is 1. The van der Waals surface area contributed by atoms with Crippen molar-refractivity contribution >= 4 is 5.78 Å². The molecular formula is C42H77N7O3. The normalized spacial score (nSPS) is 47.1. The molecule has 1 spiro atoms. The third kappa shape index (κ3) is 6.57. The van der Waals surface area contributed by atoms with Crippen molar-refractivity contribution in [1.82, 2.24) is 26.2 Å². The monoisotopic (exact) mass is 728 g/mol. The Morgan fingerprint density at radius 3 is 2.33 bits per heavy atom. The number of likely N-dealkylation sites (tertiary alicyclic amines) is 1. The second-order valence-corrected chi connectivity index (χ2v) is 18.5. The molecule has 5 aliphatic heterocycles. The van der Waals surface area contributed by atoms with Crippen LogP contribution in [0.25, 0.3) is 0 Å². The highest BCUT2D eigenvalue weighted by atomic mass is 16.5. The first-order valence-corrected chi connectivity index (χ1v) is 22.2. The van der Waals surface area contributed by atoms with Gasteiger partial charge in [0.05, 0.1) is 36.3 Å². The number of carbonyl (C=O) groups excluding carboxylic acids is 1. The highest BCUT2D eigenvalue weighted by molar-refractivity contribution is 5.96. The van der Waals surface area contributed by atoms with Crippen molar-refractivity contribution in [1.29, 1.82) is 0 Å². The molecule has 0 aromatic heterocycles. The van der Waals surface area contributed by atoms with E-state index >= 15 is 4.79 Å². The van der Waals surface area contributed by atoms with Gasteiger partial charge in [-0.1, -0.05) is 85.5 Å². The Hall–Kier alpha value is -0.690. The average Bonchev–Trinajstić information content (AvgIpc) is 3.54. The Labute approximate surface area is 316 Å². The van der Waals surface area contributed by atoms with E-state index in [0.29, 0.717) is 37.5 Å². The molecule has 2 bridgehead atoms. The zero-order valence-electron chi connectivity index (χ0n) is 33.6. The first kappa shape index (κ1) is 39.5. The number of Topliss-reactive ketones (excluding diaryl/α,β-unsaturated/α-hetero) is 1. The molecule has 0 aromatic rings. The number of hydrogen-bond donors (Lipinski definition) is 6. The van der Waals surface area contributed by atoms with Gasteiger partial charge in [-0.2, -0.15) is 0 Å². The first-order valence-electron chi connectivity index (χ1n) is 22.2. The fourth-order valence-corrected chi connectivity index (χ4v) is 13.4. The lowest BCUT2D eigenvalue weighted by Gasteiger charge is -2.48. The van der Waals surface area contributed by atoms with Gasteiger partial charge in [0, 0.05) is 73.5 Å². The molecule has 2 aliphatic carbocycles. The summed E-state index contributed by atoms with van der Waals surface area (Å²) in [4.78, 5) is 19.6. The molecule has 13 atom stereocenters. The molecule has 10 nitrogen and oxygen atoms in total. The van der Waals surface area contributed by atoms with Gasteiger partial charge in [0.25, 0.3) is 0 Å². The zero-order valence-corrected chi connectivity index (χ0v) is 33.6. The molecule has 0 aromatic carbocycles. The van der Waals surface area contributed by atoms with Gasteiger partial charge in [-0.15, -0.1) is 0 Å². The lowest BCUT2D eigenvalue weighted by atomic mass is 9.55. The number of nitrogens with zero attached hydrogens (tertiary/aromatic N) is 1. The number of rotatable bonds is 13. The number of ether oxygens (including phenoxy) is 2. The van der Waals surface area contributed by atoms with Crippen molar-refractivity contribution in [2.45, 2.75) is 203 Å². The van der Waals surface area contributed by atoms with E-state index in [1.54, 1.807) is 0 Å². The number of hydrogen-bond acceptors (Lipinski definition) is 10. The van der Waals surface area contributed by atoms with Gasteiger partial charge in [0.2, 0.25) is 0 Å². The summed E-state index contributed by atoms with van der Waals surface area (Å²) in [6, 6.07) is 0.721. The largest absolute Gasteiger partial charge is 0.377 e. The molecule has 52 heavy (non-hydrogen) atoms. The maximum atomic E-state index is 16.9. The van der Waals surface area contributed by atoms with Crippen molar-refractivity contribution in [3.05, 3.63) is 0 Å². The fourth-order valence-electron chi connectivity index (χ4n) is 13.4. The second kappa shape index (κ2) is 16.8. The summed E-state index contributed by atoms with van der Waals surface area (Å²) >= 11 is 0. The minimum Gasteiger partial charge on any atom is -0.377 e. The molecule has 7 fully saturated rings. The van der Waals surface area contributed by atoms with Crippen LogP contribution in [0.5, 0.6) is 0 Å². The maximum Gasteiger partial charge on any atom is 0.153 e. The van der Waals surface area contributed by atoms with Crippen LogP contribution in [0.15, 0.2) is 0 Å². The van der Waals surface area contributed by atoms with Crippen LogP contribution in [0.2, 0.25) is 0 Å². The van der Waals surface area contributed by atoms with Crippen LogP contribution in [0.1, 0.15) is 130 Å². The van der Waals surface area contributed by atoms with Crippen molar-refractivity contribution in [3.63, 3.8) is 0 Å². The SMILES string of the molecule is CCCCCC[C@H]1OCCNC2[C@@H](COC3CC(N)C3)NC3[C@H](CN)NC4[C@H](C5CCCCCC5)NC5[C@H](CCC)N(C)C([C@H]1C)C5(CC)C(=O)C432. The first-order chi connectivity index (χ1) is 25.3. The molecule has 298 valence electrons. The van der Waals surface area contributed by atoms with Crippen molar-refractivity contribution in [3.8, 4) is 0 Å². The number of likely N-dealkylation sites (N-methyl/N-ethyl adjacent to an activating group) is 1. The molecule has 7 aliphatic rings. The van der Waals surface area contributed by atoms with E-state index in [-0.39, 0.29) is 72.5 Å². The minimum atomic E-state index is -0.677. The highest BCUT2D eigenvalue weighted by Crippen LogP contribution is 2.60. The van der Waals surface area contributed by atoms with Crippen molar-refractivity contribution in [2.75, 3.05) is 33.4 Å². The van der Waals surface area contributed by atoms with Gasteiger partial charge in [-0.25, -0.2) is 0 Å². The van der Waals surface area contributed by atoms with Gasteiger partial charge in [-0.05, 0) is 63.8 Å². The van der Waals surface area contributed by atoms with Crippen molar-refractivity contribution in [2.24, 2.45) is 34.1 Å². The minimum absolute atomic E-state index is 0.00305. The van der Waals surface area contributed by atoms with Gasteiger partial charge in [0.15, 0.2) is 5.78 Å². The van der Waals surface area contributed by atoms with Crippen LogP contribution >= 0.6 is 0 Å². The predicted molar refractivity (Wildman–Crippen MR) is 209 cm³/mol. The van der Waals surface area contributed by atoms with Gasteiger partial charge in [-0.3, -0.25) is 9.69 Å². The van der Waals surface area contributed by atoms with Crippen LogP contribution < -0.4 is 32.7 Å². The zero-order chi connectivity index (χ0) is 36.6. The lowest BCUT2D eigenvalue weighted by molar-refractivity contribution is -0.145. The molecule has 0 radical (unpaired) electrons. The Morgan fingerprint density at radius 2 is 1.65 bits per heavy atom. The van der Waals surface area contributed by atoms with Crippen LogP contribution in [-0.4, -0.2) is 117 Å². The maximum absolute atomic E-state index is 16.9. The van der Waals surface area contributed by atoms with Gasteiger partial charge >= 0.3 is 0 Å². The Kier molecular flexibility index (Phi) is 12.8. The summed E-state index contributed by atoms with van der Waals surface area (Å²) in [5.41, 5.74) is 11.7. The van der Waals surface area contributed by atoms with Crippen LogP contribution in [0, 0.1) is 22.7 Å². The number of nitrogens with one attached hydrogen (secondary N) is 4. The molecule has 2 saturated carbocycles. The summed E-state index contributed by atoms with van der Waals surface area (Å²) in [7, 11) is 2.36. The van der Waals surface area contributed by atoms with Gasteiger partial charge < -0.3 is 42.2 Å². The van der Waals surface area contributed by atoms with E-state index in [4.69, 9.17) is 20.9 Å². The third-order valence-electron chi connectivity index (χ3n) is 15.8. The summed E-state index contributed by atoms with van der Waals surface area (Å²) < 4.78 is 13.6. The van der Waals surface area contributed by atoms with Crippen molar-refractivity contribution < 1.29 is 14.3 Å². The summed E-state index contributed by atoms with van der Waals surface area (Å²) in [5, 5.41) is 16.9. The smallest absolute Gasteiger partial charge is 0.153 e. The average molecular weight is 728 g/mol. The second-order valence-electron chi connectivity index (χ2n) is 18.5. The lowest BCUT2D eigenvalue weighted by Crippen LogP contribution is -2.67. The number of unbranched alkanes of at least 4 members (excludes halogenated alkanes) is 3. The van der Waals surface area contributed by atoms with E-state index in [9.17, 15) is 0 Å². The number of carbonyl (C=O) groups is 1. The topological polar surface area (TPSA) is 139 Å². The quantitative estimate of drug-likeness (QED) is 0.123. The molecule has 0 amide bonds. The standard InChI is InChI=1S/C42H77N7O3/c1-6-9-10-15-19-33-26(4)39-41(8-3)37(32(16-7-2)49(39)5)48-34(27-17-13-11-12-14-18-27)38-42(40(41)50)35(45-20-21-51-33)31(25-52-29-22-28(44)23-29)47-36(42)30(24-43)46-38/h26-39,45-48H,6-25,43-44H2,1-5H3/t26-,28?,29?,30-,31+,32-,33+,34-,35?,36?,37?,38?,39?,41?,42?/m0/s1. The molecule has 7 rings (SSSR count). The molecule has 7 unspecified atom stereocenters. The van der Waals surface area contributed by atoms with E-state index in [1.807, 2.05) is 0 Å². The highest BCUT2D eigenvalue weighted by Gasteiger charge is 2.78. The van der Waals surface area contributed by atoms with E-state index < -0.39 is 10.8 Å². The summed E-state index contributed by atoms with van der Waals surface area (Å²) in [5.74, 6) is 1.23. The summed E-state index contributed by atoms with van der Waals surface area (Å²) in [6.07, 6.45) is 18.8.